The summed E-state index contributed by atoms with van der Waals surface area (Å²) in [6.07, 6.45) is 1.60. The van der Waals surface area contributed by atoms with Crippen molar-refractivity contribution in [1.29, 1.82) is 0 Å². The average molecular weight is 355 g/mol. The second kappa shape index (κ2) is 8.41. The third-order valence-electron chi connectivity index (χ3n) is 4.42. The van der Waals surface area contributed by atoms with Gasteiger partial charge in [0.15, 0.2) is 0 Å². The minimum atomic E-state index is -0.439. The van der Waals surface area contributed by atoms with E-state index in [-0.39, 0.29) is 35.8 Å². The third-order valence-corrected chi connectivity index (χ3v) is 4.42. The molecule has 3 N–H and O–H groups in total. The van der Waals surface area contributed by atoms with E-state index in [4.69, 9.17) is 0 Å². The number of aliphatic hydroxyl groups excluding tert-OH is 1. The number of carbonyl (C=O) groups excluding carboxylic acids is 2. The first-order valence-electron chi connectivity index (χ1n) is 8.08. The molecule has 7 nitrogen and oxygen atoms in total. The number of aliphatic hydroxyl groups is 1. The first-order valence-corrected chi connectivity index (χ1v) is 8.08. The molecule has 0 spiro atoms. The quantitative estimate of drug-likeness (QED) is 0.710. The van der Waals surface area contributed by atoms with Crippen LogP contribution in [0.4, 0.5) is 0 Å². The van der Waals surface area contributed by atoms with E-state index in [2.05, 4.69) is 15.6 Å². The first-order chi connectivity index (χ1) is 11.1. The van der Waals surface area contributed by atoms with Crippen molar-refractivity contribution < 1.29 is 14.7 Å². The van der Waals surface area contributed by atoms with Crippen molar-refractivity contribution in [2.45, 2.75) is 18.9 Å². The lowest BCUT2D eigenvalue weighted by Crippen LogP contribution is -2.35. The molecule has 2 atom stereocenters. The van der Waals surface area contributed by atoms with E-state index in [0.717, 1.165) is 25.9 Å². The van der Waals surface area contributed by atoms with Crippen molar-refractivity contribution >= 4 is 24.2 Å². The fourth-order valence-corrected chi connectivity index (χ4v) is 3.00. The molecule has 3 heterocycles. The molecule has 0 radical (unpaired) electrons. The molecule has 8 heteroatoms. The van der Waals surface area contributed by atoms with Gasteiger partial charge in [-0.1, -0.05) is 6.07 Å². The molecule has 2 unspecified atom stereocenters. The summed E-state index contributed by atoms with van der Waals surface area (Å²) in [5, 5.41) is 15.6. The topological polar surface area (TPSA) is 94.6 Å². The summed E-state index contributed by atoms with van der Waals surface area (Å²) < 4.78 is 0. The highest BCUT2D eigenvalue weighted by atomic mass is 35.5. The van der Waals surface area contributed by atoms with Crippen LogP contribution in [-0.2, 0) is 0 Å². The molecule has 24 heavy (non-hydrogen) atoms. The van der Waals surface area contributed by atoms with Crippen molar-refractivity contribution in [2.75, 3.05) is 32.7 Å². The van der Waals surface area contributed by atoms with Crippen LogP contribution in [0.2, 0.25) is 0 Å². The van der Waals surface area contributed by atoms with Crippen molar-refractivity contribution in [3.05, 3.63) is 29.6 Å². The van der Waals surface area contributed by atoms with Crippen LogP contribution < -0.4 is 10.6 Å². The van der Waals surface area contributed by atoms with E-state index in [9.17, 15) is 14.7 Å². The molecule has 0 bridgehead atoms. The van der Waals surface area contributed by atoms with Gasteiger partial charge in [0, 0.05) is 38.6 Å². The number of β-amino-alcohol motifs (C(OH)–C–C–N with tert-alkyl or cyclic N) is 1. The molecule has 1 aromatic rings. The minimum absolute atomic E-state index is 0. The van der Waals surface area contributed by atoms with Crippen molar-refractivity contribution in [2.24, 2.45) is 5.92 Å². The molecule has 2 aliphatic rings. The van der Waals surface area contributed by atoms with Gasteiger partial charge in [0.25, 0.3) is 11.8 Å². The Kier molecular flexibility index (Phi) is 6.53. The number of nitrogens with one attached hydrogen (secondary N) is 2. The van der Waals surface area contributed by atoms with Gasteiger partial charge in [0.2, 0.25) is 0 Å². The minimum Gasteiger partial charge on any atom is -0.391 e. The Bertz CT molecular complexity index is 592. The zero-order valence-corrected chi connectivity index (χ0v) is 14.2. The normalized spacial score (nSPS) is 23.0. The number of aromatic nitrogens is 1. The molecule has 2 saturated heterocycles. The van der Waals surface area contributed by atoms with Crippen LogP contribution in [0.5, 0.6) is 0 Å². The van der Waals surface area contributed by atoms with Gasteiger partial charge in [-0.3, -0.25) is 9.59 Å². The van der Waals surface area contributed by atoms with Crippen LogP contribution in [0, 0.1) is 5.92 Å². The summed E-state index contributed by atoms with van der Waals surface area (Å²) in [7, 11) is 0. The SMILES string of the molecule is Cl.O=C(NCC1CNCC1O)c1cccc(C(=O)N2CCCC2)n1. The van der Waals surface area contributed by atoms with E-state index < -0.39 is 6.10 Å². The van der Waals surface area contributed by atoms with Gasteiger partial charge >= 0.3 is 0 Å². The molecule has 0 aliphatic carbocycles. The fourth-order valence-electron chi connectivity index (χ4n) is 3.00. The Morgan fingerprint density at radius 1 is 1.25 bits per heavy atom. The van der Waals surface area contributed by atoms with E-state index in [1.165, 1.54) is 0 Å². The molecule has 3 rings (SSSR count). The van der Waals surface area contributed by atoms with Crippen molar-refractivity contribution in [1.82, 2.24) is 20.5 Å². The lowest BCUT2D eigenvalue weighted by Gasteiger charge is -2.16. The third kappa shape index (κ3) is 4.23. The van der Waals surface area contributed by atoms with Crippen LogP contribution in [0.1, 0.15) is 33.8 Å². The highest BCUT2D eigenvalue weighted by Gasteiger charge is 2.26. The molecule has 2 aliphatic heterocycles. The molecular weight excluding hydrogens is 332 g/mol. The second-order valence-electron chi connectivity index (χ2n) is 6.10. The number of hydrogen-bond acceptors (Lipinski definition) is 5. The predicted octanol–water partition coefficient (Wildman–Crippen LogP) is 0.0495. The van der Waals surface area contributed by atoms with Gasteiger partial charge in [-0.05, 0) is 25.0 Å². The van der Waals surface area contributed by atoms with Gasteiger partial charge in [-0.15, -0.1) is 12.4 Å². The zero-order chi connectivity index (χ0) is 16.2. The number of amides is 2. The van der Waals surface area contributed by atoms with Gasteiger partial charge in [0.1, 0.15) is 11.4 Å². The first kappa shape index (κ1) is 18.6. The lowest BCUT2D eigenvalue weighted by molar-refractivity contribution is 0.0787. The number of hydrogen-bond donors (Lipinski definition) is 3. The molecule has 2 amide bonds. The Labute approximate surface area is 147 Å². The smallest absolute Gasteiger partial charge is 0.272 e. The number of rotatable bonds is 4. The van der Waals surface area contributed by atoms with E-state index >= 15 is 0 Å². The average Bonchev–Trinajstić information content (AvgIpc) is 3.24. The summed E-state index contributed by atoms with van der Waals surface area (Å²) >= 11 is 0. The van der Waals surface area contributed by atoms with E-state index in [0.29, 0.717) is 25.3 Å². The highest BCUT2D eigenvalue weighted by Crippen LogP contribution is 2.12. The lowest BCUT2D eigenvalue weighted by atomic mass is 10.1. The van der Waals surface area contributed by atoms with Gasteiger partial charge < -0.3 is 20.6 Å². The second-order valence-corrected chi connectivity index (χ2v) is 6.10. The van der Waals surface area contributed by atoms with Crippen LogP contribution >= 0.6 is 12.4 Å². The fraction of sp³-hybridized carbons (Fsp3) is 0.562. The maximum absolute atomic E-state index is 12.3. The monoisotopic (exact) mass is 354 g/mol. The summed E-state index contributed by atoms with van der Waals surface area (Å²) in [6, 6.07) is 4.92. The molecule has 1 aromatic heterocycles. The standard InChI is InChI=1S/C16H22N4O3.ClH/c21-14-10-17-8-11(14)9-18-15(22)12-4-3-5-13(19-12)16(23)20-6-1-2-7-20;/h3-5,11,14,17,21H,1-2,6-10H2,(H,18,22);1H. The van der Waals surface area contributed by atoms with Crippen molar-refractivity contribution in [3.8, 4) is 0 Å². The van der Waals surface area contributed by atoms with Gasteiger partial charge in [-0.2, -0.15) is 0 Å². The molecule has 132 valence electrons. The number of halogens is 1. The van der Waals surface area contributed by atoms with Crippen LogP contribution in [0.3, 0.4) is 0 Å². The number of likely N-dealkylation sites (tertiary alicyclic amines) is 1. The Morgan fingerprint density at radius 2 is 1.96 bits per heavy atom. The van der Waals surface area contributed by atoms with Crippen LogP contribution in [0.25, 0.3) is 0 Å². The summed E-state index contributed by atoms with van der Waals surface area (Å²) in [4.78, 5) is 30.5. The molecule has 0 saturated carbocycles. The van der Waals surface area contributed by atoms with E-state index in [1.807, 2.05) is 0 Å². The maximum atomic E-state index is 12.3. The van der Waals surface area contributed by atoms with Crippen LogP contribution in [-0.4, -0.2) is 65.6 Å². The van der Waals surface area contributed by atoms with E-state index in [1.54, 1.807) is 23.1 Å². The Morgan fingerprint density at radius 3 is 2.62 bits per heavy atom. The Hall–Kier alpha value is -1.70. The highest BCUT2D eigenvalue weighted by molar-refractivity contribution is 5.96. The Balaban J connectivity index is 0.00000208. The zero-order valence-electron chi connectivity index (χ0n) is 13.4. The predicted molar refractivity (Wildman–Crippen MR) is 91.3 cm³/mol. The van der Waals surface area contributed by atoms with Gasteiger partial charge in [0.05, 0.1) is 6.10 Å². The number of pyridine rings is 1. The summed E-state index contributed by atoms with van der Waals surface area (Å²) in [5.74, 6) is -0.430. The number of nitrogens with zero attached hydrogens (tertiary/aromatic N) is 2. The molecule has 2 fully saturated rings. The molecular formula is C16H23ClN4O3. The van der Waals surface area contributed by atoms with Crippen LogP contribution in [0.15, 0.2) is 18.2 Å². The molecule has 0 aromatic carbocycles. The summed E-state index contributed by atoms with van der Waals surface area (Å²) in [5.41, 5.74) is 0.539. The largest absolute Gasteiger partial charge is 0.391 e. The summed E-state index contributed by atoms with van der Waals surface area (Å²) in [6.45, 7) is 3.13. The van der Waals surface area contributed by atoms with Gasteiger partial charge in [-0.25, -0.2) is 4.98 Å². The van der Waals surface area contributed by atoms with Crippen molar-refractivity contribution in [3.63, 3.8) is 0 Å². The maximum Gasteiger partial charge on any atom is 0.272 e. The number of carbonyl (C=O) groups is 2.